The van der Waals surface area contributed by atoms with Crippen LogP contribution in [0.3, 0.4) is 0 Å². The van der Waals surface area contributed by atoms with Gasteiger partial charge in [-0.25, -0.2) is 4.79 Å². The first-order chi connectivity index (χ1) is 14.1. The number of carbonyl (C=O) groups is 1. The van der Waals surface area contributed by atoms with Crippen LogP contribution in [0.15, 0.2) is 60.2 Å². The number of benzene rings is 2. The lowest BCUT2D eigenvalue weighted by molar-refractivity contribution is -0.131. The molecule has 1 saturated carbocycles. The summed E-state index contributed by atoms with van der Waals surface area (Å²) in [5, 5.41) is 8.92. The van der Waals surface area contributed by atoms with Crippen molar-refractivity contribution in [2.24, 2.45) is 5.92 Å². The molecule has 0 aromatic heterocycles. The van der Waals surface area contributed by atoms with Gasteiger partial charge in [-0.15, -0.1) is 0 Å². The molecule has 2 aromatic rings. The predicted molar refractivity (Wildman–Crippen MR) is 121 cm³/mol. The van der Waals surface area contributed by atoms with E-state index in [9.17, 15) is 4.79 Å². The van der Waals surface area contributed by atoms with Crippen LogP contribution in [0.5, 0.6) is 5.75 Å². The van der Waals surface area contributed by atoms with Gasteiger partial charge in [0.05, 0.1) is 6.61 Å². The summed E-state index contributed by atoms with van der Waals surface area (Å²) in [6.45, 7) is 11.5. The highest BCUT2D eigenvalue weighted by atomic mass is 16.5. The monoisotopic (exact) mass is 402 g/mol. The molecule has 4 rings (SSSR count). The molecule has 3 nitrogen and oxygen atoms in total. The second-order valence-corrected chi connectivity index (χ2v) is 9.70. The molecule has 2 atom stereocenters. The average molecular weight is 403 g/mol. The van der Waals surface area contributed by atoms with E-state index in [1.807, 2.05) is 13.0 Å². The number of aryl methyl sites for hydroxylation is 1. The maximum Gasteiger partial charge on any atom is 0.328 e. The van der Waals surface area contributed by atoms with Crippen LogP contribution >= 0.6 is 0 Å². The van der Waals surface area contributed by atoms with Crippen LogP contribution in [0.25, 0.3) is 11.1 Å². The molecular weight excluding hydrogens is 372 g/mol. The fourth-order valence-electron chi connectivity index (χ4n) is 4.54. The summed E-state index contributed by atoms with van der Waals surface area (Å²) < 4.78 is 6.21. The van der Waals surface area contributed by atoms with Crippen molar-refractivity contribution in [1.82, 2.24) is 0 Å². The second kappa shape index (κ2) is 7.16. The van der Waals surface area contributed by atoms with Gasteiger partial charge in [0, 0.05) is 22.6 Å². The van der Waals surface area contributed by atoms with Crippen molar-refractivity contribution in [2.75, 3.05) is 6.61 Å². The second-order valence-electron chi connectivity index (χ2n) is 9.70. The Hall–Kier alpha value is -2.81. The van der Waals surface area contributed by atoms with E-state index in [0.29, 0.717) is 12.5 Å². The Morgan fingerprint density at radius 2 is 1.90 bits per heavy atom. The Labute approximate surface area is 179 Å². The van der Waals surface area contributed by atoms with Gasteiger partial charge in [0.25, 0.3) is 0 Å². The van der Waals surface area contributed by atoms with Crippen molar-refractivity contribution in [3.05, 3.63) is 76.9 Å². The van der Waals surface area contributed by atoms with E-state index in [1.165, 1.54) is 33.9 Å². The van der Waals surface area contributed by atoms with Gasteiger partial charge in [0.2, 0.25) is 0 Å². The standard InChI is InChI=1S/C27H30O3/c1-17(12-24(28)29)10-11-19-15-27(19,5)20-13-22(21-9-7-6-8-18(21)2)25-23(14-20)26(3,4)16-30-25/h6-14,19H,15-16H2,1-5H3,(H,28,29)/b11-10+,17-12+. The van der Waals surface area contributed by atoms with Crippen molar-refractivity contribution in [1.29, 1.82) is 0 Å². The number of allylic oxidation sites excluding steroid dienone is 3. The number of hydrogen-bond donors (Lipinski definition) is 1. The summed E-state index contributed by atoms with van der Waals surface area (Å²) in [6, 6.07) is 13.1. The lowest BCUT2D eigenvalue weighted by Gasteiger charge is -2.21. The van der Waals surface area contributed by atoms with E-state index < -0.39 is 5.97 Å². The van der Waals surface area contributed by atoms with Gasteiger partial charge in [0.15, 0.2) is 0 Å². The number of hydrogen-bond acceptors (Lipinski definition) is 2. The average Bonchev–Trinajstić information content (AvgIpc) is 3.25. The van der Waals surface area contributed by atoms with Crippen LogP contribution in [0.2, 0.25) is 0 Å². The van der Waals surface area contributed by atoms with Crippen molar-refractivity contribution < 1.29 is 14.6 Å². The summed E-state index contributed by atoms with van der Waals surface area (Å²) in [6.07, 6.45) is 6.42. The molecular formula is C27H30O3. The first-order valence-corrected chi connectivity index (χ1v) is 10.6. The van der Waals surface area contributed by atoms with Gasteiger partial charge in [-0.1, -0.05) is 63.3 Å². The van der Waals surface area contributed by atoms with E-state index >= 15 is 0 Å². The molecule has 1 N–H and O–H groups in total. The van der Waals surface area contributed by atoms with Crippen LogP contribution in [0.1, 0.15) is 50.8 Å². The fraction of sp³-hybridized carbons (Fsp3) is 0.370. The number of rotatable bonds is 5. The minimum Gasteiger partial charge on any atom is -0.492 e. The third-order valence-electron chi connectivity index (χ3n) is 6.73. The number of carboxylic acid groups (broad SMARTS) is 1. The lowest BCUT2D eigenvalue weighted by Crippen LogP contribution is -2.18. The number of fused-ring (bicyclic) bond motifs is 1. The summed E-state index contributed by atoms with van der Waals surface area (Å²) in [5.74, 6) is 0.525. The molecule has 0 bridgehead atoms. The highest BCUT2D eigenvalue weighted by Crippen LogP contribution is 2.57. The predicted octanol–water partition coefficient (Wildman–Crippen LogP) is 6.20. The molecule has 1 heterocycles. The third kappa shape index (κ3) is 3.58. The molecule has 156 valence electrons. The van der Waals surface area contributed by atoms with Crippen LogP contribution in [0, 0.1) is 12.8 Å². The minimum atomic E-state index is -0.903. The first-order valence-electron chi connectivity index (χ1n) is 10.6. The maximum absolute atomic E-state index is 10.9. The van der Waals surface area contributed by atoms with Gasteiger partial charge < -0.3 is 9.84 Å². The van der Waals surface area contributed by atoms with Crippen LogP contribution in [-0.2, 0) is 15.6 Å². The first kappa shape index (κ1) is 20.5. The van der Waals surface area contributed by atoms with E-state index in [0.717, 1.165) is 17.7 Å². The number of carboxylic acids is 1. The van der Waals surface area contributed by atoms with E-state index in [2.05, 4.69) is 70.2 Å². The normalized spacial score (nSPS) is 24.6. The van der Waals surface area contributed by atoms with Crippen molar-refractivity contribution in [3.8, 4) is 16.9 Å². The fourth-order valence-corrected chi connectivity index (χ4v) is 4.54. The molecule has 30 heavy (non-hydrogen) atoms. The summed E-state index contributed by atoms with van der Waals surface area (Å²) in [5.41, 5.74) is 7.10. The summed E-state index contributed by atoms with van der Waals surface area (Å²) in [7, 11) is 0. The van der Waals surface area contributed by atoms with Gasteiger partial charge in [-0.05, 0) is 59.9 Å². The van der Waals surface area contributed by atoms with E-state index in [-0.39, 0.29) is 10.8 Å². The minimum absolute atomic E-state index is 0.0137. The van der Waals surface area contributed by atoms with Gasteiger partial charge in [0.1, 0.15) is 5.75 Å². The molecule has 2 aromatic carbocycles. The molecule has 1 aliphatic heterocycles. The molecule has 1 aliphatic carbocycles. The Morgan fingerprint density at radius 1 is 1.17 bits per heavy atom. The summed E-state index contributed by atoms with van der Waals surface area (Å²) in [4.78, 5) is 10.9. The molecule has 0 spiro atoms. The Morgan fingerprint density at radius 3 is 2.60 bits per heavy atom. The smallest absolute Gasteiger partial charge is 0.328 e. The lowest BCUT2D eigenvalue weighted by atomic mass is 9.81. The molecule has 0 saturated heterocycles. The number of ether oxygens (including phenoxy) is 1. The topological polar surface area (TPSA) is 46.5 Å². The zero-order valence-electron chi connectivity index (χ0n) is 18.5. The highest BCUT2D eigenvalue weighted by molar-refractivity contribution is 5.81. The zero-order chi connectivity index (χ0) is 21.7. The van der Waals surface area contributed by atoms with E-state index in [1.54, 1.807) is 0 Å². The van der Waals surface area contributed by atoms with Crippen molar-refractivity contribution in [3.63, 3.8) is 0 Å². The molecule has 3 heteroatoms. The maximum atomic E-state index is 10.9. The van der Waals surface area contributed by atoms with Crippen molar-refractivity contribution in [2.45, 2.75) is 51.9 Å². The SMILES string of the molecule is CC(/C=C/C1CC1(C)c1cc(-c2ccccc2C)c2c(c1)C(C)(C)CO2)=C\C(=O)O. The van der Waals surface area contributed by atoms with Gasteiger partial charge in [-0.2, -0.15) is 0 Å². The third-order valence-corrected chi connectivity index (χ3v) is 6.73. The Balaban J connectivity index is 1.76. The Bertz CT molecular complexity index is 1070. The quantitative estimate of drug-likeness (QED) is 0.479. The van der Waals surface area contributed by atoms with Crippen LogP contribution in [-0.4, -0.2) is 17.7 Å². The zero-order valence-corrected chi connectivity index (χ0v) is 18.5. The molecule has 1 fully saturated rings. The van der Waals surface area contributed by atoms with E-state index in [4.69, 9.17) is 9.84 Å². The van der Waals surface area contributed by atoms with Gasteiger partial charge in [-0.3, -0.25) is 0 Å². The molecule has 0 amide bonds. The highest BCUT2D eigenvalue weighted by Gasteiger charge is 2.50. The van der Waals surface area contributed by atoms with Crippen molar-refractivity contribution >= 4 is 5.97 Å². The molecule has 0 radical (unpaired) electrons. The Kier molecular flexibility index (Phi) is 4.88. The largest absolute Gasteiger partial charge is 0.492 e. The van der Waals surface area contributed by atoms with Crippen LogP contribution < -0.4 is 4.74 Å². The molecule has 2 unspecified atom stereocenters. The number of aliphatic carboxylic acids is 1. The molecule has 2 aliphatic rings. The summed E-state index contributed by atoms with van der Waals surface area (Å²) >= 11 is 0. The van der Waals surface area contributed by atoms with Crippen LogP contribution in [0.4, 0.5) is 0 Å². The van der Waals surface area contributed by atoms with Gasteiger partial charge >= 0.3 is 5.97 Å².